The molecule has 0 radical (unpaired) electrons. The summed E-state index contributed by atoms with van der Waals surface area (Å²) in [5.41, 5.74) is 10.6. The van der Waals surface area contributed by atoms with E-state index >= 15 is 0 Å². The summed E-state index contributed by atoms with van der Waals surface area (Å²) in [6.45, 7) is 4.16. The first kappa shape index (κ1) is 26.1. The SMILES string of the molecule is COC(C(=O)NCCCCCCNC(=N)N)C(=O)NCCCCNCCCN. The van der Waals surface area contributed by atoms with Crippen LogP contribution in [0.5, 0.6) is 0 Å². The van der Waals surface area contributed by atoms with Crippen molar-refractivity contribution < 1.29 is 14.3 Å². The van der Waals surface area contributed by atoms with E-state index in [1.54, 1.807) is 0 Å². The molecule has 0 rings (SSSR count). The smallest absolute Gasteiger partial charge is 0.258 e. The molecule has 9 N–H and O–H groups in total. The maximum Gasteiger partial charge on any atom is 0.258 e. The summed E-state index contributed by atoms with van der Waals surface area (Å²) in [4.78, 5) is 24.2. The number of rotatable bonds is 18. The van der Waals surface area contributed by atoms with Gasteiger partial charge in [-0.25, -0.2) is 0 Å². The number of hydrogen-bond donors (Lipinski definition) is 7. The molecule has 0 heterocycles. The normalized spacial score (nSPS) is 11.6. The van der Waals surface area contributed by atoms with Crippen molar-refractivity contribution in [2.45, 2.75) is 51.0 Å². The molecule has 0 fully saturated rings. The lowest BCUT2D eigenvalue weighted by molar-refractivity contribution is -0.143. The van der Waals surface area contributed by atoms with E-state index in [1.165, 1.54) is 7.11 Å². The van der Waals surface area contributed by atoms with Crippen molar-refractivity contribution >= 4 is 17.8 Å². The third kappa shape index (κ3) is 15.2. The number of amides is 2. The van der Waals surface area contributed by atoms with Crippen molar-refractivity contribution in [3.8, 4) is 0 Å². The van der Waals surface area contributed by atoms with Crippen LogP contribution in [0.3, 0.4) is 0 Å². The second-order valence-corrected chi connectivity index (χ2v) is 6.55. The molecule has 2 amide bonds. The number of unbranched alkanes of at least 4 members (excludes halogenated alkanes) is 4. The van der Waals surface area contributed by atoms with Gasteiger partial charge >= 0.3 is 0 Å². The van der Waals surface area contributed by atoms with Crippen LogP contribution in [0.4, 0.5) is 0 Å². The van der Waals surface area contributed by atoms with E-state index in [0.717, 1.165) is 58.0 Å². The molecule has 0 aromatic heterocycles. The molecule has 1 unspecified atom stereocenters. The fourth-order valence-electron chi connectivity index (χ4n) is 2.50. The Morgan fingerprint density at radius 1 is 0.821 bits per heavy atom. The van der Waals surface area contributed by atoms with Crippen LogP contribution in [0.15, 0.2) is 0 Å². The summed E-state index contributed by atoms with van der Waals surface area (Å²) in [5.74, 6) is -0.844. The Balaban J connectivity index is 3.74. The summed E-state index contributed by atoms with van der Waals surface area (Å²) in [5, 5.41) is 18.5. The van der Waals surface area contributed by atoms with Gasteiger partial charge in [0.05, 0.1) is 0 Å². The summed E-state index contributed by atoms with van der Waals surface area (Å²) < 4.78 is 5.04. The number of ether oxygens (including phenoxy) is 1. The van der Waals surface area contributed by atoms with E-state index in [0.29, 0.717) is 26.2 Å². The molecule has 10 nitrogen and oxygen atoms in total. The van der Waals surface area contributed by atoms with Gasteiger partial charge in [-0.05, 0) is 51.7 Å². The van der Waals surface area contributed by atoms with Crippen LogP contribution in [0.25, 0.3) is 0 Å². The van der Waals surface area contributed by atoms with Crippen molar-refractivity contribution in [1.29, 1.82) is 5.41 Å². The van der Waals surface area contributed by atoms with Gasteiger partial charge in [0.25, 0.3) is 11.8 Å². The highest BCUT2D eigenvalue weighted by Crippen LogP contribution is 1.99. The Morgan fingerprint density at radius 2 is 1.29 bits per heavy atom. The third-order valence-corrected chi connectivity index (χ3v) is 4.07. The Kier molecular flexibility index (Phi) is 17.2. The lowest BCUT2D eigenvalue weighted by atomic mass is 10.2. The summed E-state index contributed by atoms with van der Waals surface area (Å²) in [6, 6.07) is 0. The Morgan fingerprint density at radius 3 is 1.79 bits per heavy atom. The lowest BCUT2D eigenvalue weighted by Gasteiger charge is -2.15. The maximum absolute atomic E-state index is 12.1. The van der Waals surface area contributed by atoms with Crippen molar-refractivity contribution in [3.63, 3.8) is 0 Å². The number of nitrogens with two attached hydrogens (primary N) is 2. The van der Waals surface area contributed by atoms with Crippen molar-refractivity contribution in [2.75, 3.05) is 46.4 Å². The molecule has 0 saturated carbocycles. The molecule has 1 atom stereocenters. The van der Waals surface area contributed by atoms with E-state index in [1.807, 2.05) is 0 Å². The van der Waals surface area contributed by atoms with Crippen molar-refractivity contribution in [1.82, 2.24) is 21.3 Å². The van der Waals surface area contributed by atoms with Gasteiger partial charge in [0.1, 0.15) is 0 Å². The van der Waals surface area contributed by atoms with E-state index in [-0.39, 0.29) is 5.96 Å². The number of nitrogens with one attached hydrogen (secondary N) is 5. The largest absolute Gasteiger partial charge is 0.370 e. The minimum absolute atomic E-state index is 0.0182. The van der Waals surface area contributed by atoms with Crippen LogP contribution in [-0.2, 0) is 14.3 Å². The topological polar surface area (TPSA) is 167 Å². The average molecular weight is 402 g/mol. The first-order valence-electron chi connectivity index (χ1n) is 10.1. The van der Waals surface area contributed by atoms with E-state index in [4.69, 9.17) is 21.6 Å². The fraction of sp³-hybridized carbons (Fsp3) is 0.833. The summed E-state index contributed by atoms with van der Waals surface area (Å²) in [7, 11) is 1.35. The molecular weight excluding hydrogens is 362 g/mol. The van der Waals surface area contributed by atoms with Gasteiger partial charge in [0, 0.05) is 26.7 Å². The maximum atomic E-state index is 12.1. The van der Waals surface area contributed by atoms with Crippen LogP contribution < -0.4 is 32.7 Å². The number of carbonyl (C=O) groups is 2. The lowest BCUT2D eigenvalue weighted by Crippen LogP contribution is -2.47. The summed E-state index contributed by atoms with van der Waals surface area (Å²) >= 11 is 0. The van der Waals surface area contributed by atoms with E-state index in [2.05, 4.69) is 21.3 Å². The highest BCUT2D eigenvalue weighted by Gasteiger charge is 2.25. The molecule has 0 aliphatic rings. The zero-order valence-electron chi connectivity index (χ0n) is 17.1. The number of carbonyl (C=O) groups excluding carboxylic acids is 2. The van der Waals surface area contributed by atoms with Gasteiger partial charge in [0.2, 0.25) is 6.10 Å². The first-order chi connectivity index (χ1) is 13.5. The molecule has 0 spiro atoms. The molecule has 0 aliphatic carbocycles. The van der Waals surface area contributed by atoms with E-state index in [9.17, 15) is 9.59 Å². The molecule has 0 aromatic carbocycles. The first-order valence-corrected chi connectivity index (χ1v) is 10.1. The van der Waals surface area contributed by atoms with Crippen LogP contribution in [0, 0.1) is 5.41 Å². The predicted molar refractivity (Wildman–Crippen MR) is 111 cm³/mol. The quantitative estimate of drug-likeness (QED) is 0.0668. The Hall–Kier alpha value is -1.91. The minimum Gasteiger partial charge on any atom is -0.370 e. The standard InChI is InChI=1S/C18H39N7O3/c1-28-15(17(27)24-13-7-6-10-22-11-8-9-19)16(26)23-12-4-2-3-5-14-25-18(20)21/h15,22H,2-14,19H2,1H3,(H,23,26)(H,24,27)(H4,20,21,25). The fourth-order valence-corrected chi connectivity index (χ4v) is 2.50. The molecule has 0 saturated heterocycles. The third-order valence-electron chi connectivity index (χ3n) is 4.07. The zero-order valence-corrected chi connectivity index (χ0v) is 17.1. The zero-order chi connectivity index (χ0) is 21.0. The van der Waals surface area contributed by atoms with Crippen LogP contribution in [0.2, 0.25) is 0 Å². The van der Waals surface area contributed by atoms with Crippen molar-refractivity contribution in [3.05, 3.63) is 0 Å². The van der Waals surface area contributed by atoms with Crippen molar-refractivity contribution in [2.24, 2.45) is 11.5 Å². The van der Waals surface area contributed by atoms with Gasteiger partial charge < -0.3 is 37.5 Å². The van der Waals surface area contributed by atoms with Crippen LogP contribution in [0.1, 0.15) is 44.9 Å². The molecule has 0 aromatic rings. The van der Waals surface area contributed by atoms with Crippen LogP contribution in [-0.4, -0.2) is 70.3 Å². The Bertz CT molecular complexity index is 435. The molecular formula is C18H39N7O3. The Labute approximate surface area is 168 Å². The van der Waals surface area contributed by atoms with Gasteiger partial charge in [0.15, 0.2) is 5.96 Å². The van der Waals surface area contributed by atoms with Crippen LogP contribution >= 0.6 is 0 Å². The minimum atomic E-state index is -1.12. The van der Waals surface area contributed by atoms with Gasteiger partial charge in [-0.2, -0.15) is 0 Å². The summed E-state index contributed by atoms with van der Waals surface area (Å²) in [6.07, 6.45) is 5.27. The molecule has 28 heavy (non-hydrogen) atoms. The predicted octanol–water partition coefficient (Wildman–Crippen LogP) is -1.00. The van der Waals surface area contributed by atoms with Gasteiger partial charge in [-0.3, -0.25) is 15.0 Å². The van der Waals surface area contributed by atoms with Gasteiger partial charge in [-0.1, -0.05) is 12.8 Å². The molecule has 0 aliphatic heterocycles. The number of hydrogen-bond acceptors (Lipinski definition) is 6. The highest BCUT2D eigenvalue weighted by molar-refractivity contribution is 6.03. The number of methoxy groups -OCH3 is 1. The second kappa shape index (κ2) is 18.5. The highest BCUT2D eigenvalue weighted by atomic mass is 16.5. The monoisotopic (exact) mass is 401 g/mol. The molecule has 164 valence electrons. The second-order valence-electron chi connectivity index (χ2n) is 6.55. The average Bonchev–Trinajstić information content (AvgIpc) is 2.66. The van der Waals surface area contributed by atoms with Gasteiger partial charge in [-0.15, -0.1) is 0 Å². The molecule has 0 bridgehead atoms. The number of guanidine groups is 1. The molecule has 10 heteroatoms. The van der Waals surface area contributed by atoms with E-state index < -0.39 is 17.9 Å².